The molecule has 172 valence electrons. The minimum atomic E-state index is -0.633. The second-order valence-corrected chi connectivity index (χ2v) is 10.3. The Morgan fingerprint density at radius 1 is 1.39 bits per heavy atom. The highest BCUT2D eigenvalue weighted by Crippen LogP contribution is 2.36. The van der Waals surface area contributed by atoms with Crippen molar-refractivity contribution in [1.29, 1.82) is 5.26 Å². The van der Waals surface area contributed by atoms with E-state index in [1.54, 1.807) is 23.2 Å². The van der Waals surface area contributed by atoms with Gasteiger partial charge in [-0.05, 0) is 69.8 Å². The molecule has 0 spiro atoms. The van der Waals surface area contributed by atoms with E-state index < -0.39 is 5.41 Å². The number of amides is 1. The van der Waals surface area contributed by atoms with Crippen LogP contribution in [0, 0.1) is 40.4 Å². The van der Waals surface area contributed by atoms with Gasteiger partial charge < -0.3 is 10.1 Å². The van der Waals surface area contributed by atoms with Crippen LogP contribution < -0.4 is 10.1 Å². The lowest BCUT2D eigenvalue weighted by atomic mass is 9.72. The summed E-state index contributed by atoms with van der Waals surface area (Å²) < 4.78 is 7.53. The maximum Gasteiger partial charge on any atom is 0.258 e. The minimum Gasteiger partial charge on any atom is -0.477 e. The second kappa shape index (κ2) is 10.8. The molecular formula is C25H40N4O2. The summed E-state index contributed by atoms with van der Waals surface area (Å²) in [6.07, 6.45) is 9.84. The van der Waals surface area contributed by atoms with Crippen LogP contribution in [0.2, 0.25) is 0 Å². The van der Waals surface area contributed by atoms with Crippen molar-refractivity contribution in [2.45, 2.75) is 80.2 Å². The van der Waals surface area contributed by atoms with Crippen molar-refractivity contribution >= 4 is 12.1 Å². The molecule has 1 amide bonds. The molecule has 31 heavy (non-hydrogen) atoms. The summed E-state index contributed by atoms with van der Waals surface area (Å²) >= 11 is 0. The topological polar surface area (TPSA) is 79.9 Å². The fourth-order valence-electron chi connectivity index (χ4n) is 4.24. The van der Waals surface area contributed by atoms with Crippen LogP contribution in [0.1, 0.15) is 84.5 Å². The van der Waals surface area contributed by atoms with Gasteiger partial charge in [-0.3, -0.25) is 4.79 Å². The Hall–Kier alpha value is -2.29. The molecule has 0 aromatic carbocycles. The molecule has 1 N–H and O–H groups in total. The van der Waals surface area contributed by atoms with Crippen molar-refractivity contribution in [2.24, 2.45) is 29.1 Å². The molecule has 1 saturated carbocycles. The third-order valence-electron chi connectivity index (χ3n) is 6.19. The van der Waals surface area contributed by atoms with Crippen molar-refractivity contribution in [2.75, 3.05) is 6.61 Å². The van der Waals surface area contributed by atoms with Gasteiger partial charge in [0.2, 0.25) is 5.88 Å². The summed E-state index contributed by atoms with van der Waals surface area (Å²) in [5.41, 5.74) is -0.200. The number of nitrogens with zero attached hydrogens (tertiary/aromatic N) is 3. The lowest BCUT2D eigenvalue weighted by Crippen LogP contribution is -2.41. The van der Waals surface area contributed by atoms with Gasteiger partial charge in [0.15, 0.2) is 0 Å². The van der Waals surface area contributed by atoms with Crippen LogP contribution in [0.25, 0.3) is 6.20 Å². The van der Waals surface area contributed by atoms with E-state index in [0.717, 1.165) is 12.3 Å². The predicted molar refractivity (Wildman–Crippen MR) is 124 cm³/mol. The molecule has 1 aliphatic rings. The van der Waals surface area contributed by atoms with Crippen LogP contribution in [0.4, 0.5) is 0 Å². The number of carbonyl (C=O) groups excluding carboxylic acids is 1. The highest BCUT2D eigenvalue weighted by atomic mass is 16.5. The van der Waals surface area contributed by atoms with E-state index in [0.29, 0.717) is 35.8 Å². The Balaban J connectivity index is 2.19. The number of carbonyl (C=O) groups is 1. The molecule has 2 rings (SSSR count). The lowest BCUT2D eigenvalue weighted by Gasteiger charge is -2.36. The number of hydrogen-bond acceptors (Lipinski definition) is 4. The zero-order valence-electron chi connectivity index (χ0n) is 20.3. The summed E-state index contributed by atoms with van der Waals surface area (Å²) in [7, 11) is 0. The average Bonchev–Trinajstić information content (AvgIpc) is 3.13. The number of allylic oxidation sites excluding steroid dienone is 1. The van der Waals surface area contributed by atoms with E-state index in [9.17, 15) is 10.1 Å². The molecule has 6 nitrogen and oxygen atoms in total. The third kappa shape index (κ3) is 7.12. The number of hydrogen-bond donors (Lipinski definition) is 1. The molecular weight excluding hydrogens is 388 g/mol. The quantitative estimate of drug-likeness (QED) is 0.562. The largest absolute Gasteiger partial charge is 0.477 e. The highest BCUT2D eigenvalue weighted by molar-refractivity contribution is 5.96. The number of ether oxygens (including phenoxy) is 1. The van der Waals surface area contributed by atoms with E-state index in [-0.39, 0.29) is 11.9 Å². The van der Waals surface area contributed by atoms with Gasteiger partial charge in [-0.25, -0.2) is 4.68 Å². The number of aromatic nitrogens is 2. The standard InChI is InChI=1S/C25H40N4O2/c1-8-20-11-18(4)12-21(13-20)19(5)28-23(30)22-14-27-29(10-9-25(6,7)16-26)24(22)31-15-17(2)3/h9-10,14,17-21H,8,11-13,15H2,1-7H3,(H,28,30)/b10-9+/t18?,19-,20?,21?/m1/s1. The molecule has 1 aromatic rings. The molecule has 1 fully saturated rings. The Labute approximate surface area is 188 Å². The van der Waals surface area contributed by atoms with Crippen LogP contribution in [-0.4, -0.2) is 28.3 Å². The highest BCUT2D eigenvalue weighted by Gasteiger charge is 2.31. The summed E-state index contributed by atoms with van der Waals surface area (Å²) in [6, 6.07) is 2.33. The molecule has 3 unspecified atom stereocenters. The third-order valence-corrected chi connectivity index (χ3v) is 6.19. The average molecular weight is 429 g/mol. The first-order chi connectivity index (χ1) is 14.6. The lowest BCUT2D eigenvalue weighted by molar-refractivity contribution is 0.0892. The van der Waals surface area contributed by atoms with Gasteiger partial charge >= 0.3 is 0 Å². The zero-order valence-corrected chi connectivity index (χ0v) is 20.3. The first-order valence-electron chi connectivity index (χ1n) is 11.7. The van der Waals surface area contributed by atoms with Gasteiger partial charge in [0.1, 0.15) is 5.56 Å². The zero-order chi connectivity index (χ0) is 23.2. The fraction of sp³-hybridized carbons (Fsp3) is 0.720. The summed E-state index contributed by atoms with van der Waals surface area (Å²) in [6.45, 7) is 14.9. The van der Waals surface area contributed by atoms with E-state index in [4.69, 9.17) is 4.74 Å². The van der Waals surface area contributed by atoms with Crippen molar-refractivity contribution in [1.82, 2.24) is 15.1 Å². The van der Waals surface area contributed by atoms with Crippen LogP contribution in [-0.2, 0) is 0 Å². The van der Waals surface area contributed by atoms with E-state index in [1.165, 1.54) is 19.3 Å². The Morgan fingerprint density at radius 2 is 2.10 bits per heavy atom. The second-order valence-electron chi connectivity index (χ2n) is 10.3. The van der Waals surface area contributed by atoms with E-state index >= 15 is 0 Å². The molecule has 1 heterocycles. The molecule has 0 aliphatic heterocycles. The number of nitrogens with one attached hydrogen (secondary N) is 1. The van der Waals surface area contributed by atoms with Crippen molar-refractivity contribution in [3.05, 3.63) is 17.8 Å². The Bertz CT molecular complexity index is 803. The normalized spacial score (nSPS) is 23.0. The molecule has 1 aliphatic carbocycles. The van der Waals surface area contributed by atoms with Gasteiger partial charge in [0.05, 0.1) is 24.3 Å². The summed E-state index contributed by atoms with van der Waals surface area (Å²) in [5.74, 6) is 2.51. The SMILES string of the molecule is CCC1CC(C)CC([C@@H](C)NC(=O)c2cnn(/C=C/C(C)(C)C#N)c2OCC(C)C)C1. The van der Waals surface area contributed by atoms with Crippen molar-refractivity contribution in [3.8, 4) is 11.9 Å². The van der Waals surface area contributed by atoms with Gasteiger partial charge in [0, 0.05) is 12.2 Å². The van der Waals surface area contributed by atoms with Crippen LogP contribution in [0.5, 0.6) is 5.88 Å². The Morgan fingerprint density at radius 3 is 2.71 bits per heavy atom. The van der Waals surface area contributed by atoms with E-state index in [1.807, 2.05) is 13.8 Å². The minimum absolute atomic E-state index is 0.0960. The first kappa shape index (κ1) is 25.0. The van der Waals surface area contributed by atoms with Crippen molar-refractivity contribution < 1.29 is 9.53 Å². The molecule has 0 saturated heterocycles. The van der Waals surface area contributed by atoms with E-state index in [2.05, 4.69) is 51.1 Å². The molecule has 6 heteroatoms. The van der Waals surface area contributed by atoms with Crippen molar-refractivity contribution in [3.63, 3.8) is 0 Å². The first-order valence-corrected chi connectivity index (χ1v) is 11.7. The molecule has 1 aromatic heterocycles. The number of rotatable bonds is 9. The monoisotopic (exact) mass is 428 g/mol. The maximum atomic E-state index is 13.1. The Kier molecular flexibility index (Phi) is 8.73. The van der Waals surface area contributed by atoms with Crippen LogP contribution >= 0.6 is 0 Å². The fourth-order valence-corrected chi connectivity index (χ4v) is 4.24. The smallest absolute Gasteiger partial charge is 0.258 e. The van der Waals surface area contributed by atoms with Gasteiger partial charge in [0.25, 0.3) is 5.91 Å². The molecule has 4 atom stereocenters. The maximum absolute atomic E-state index is 13.1. The summed E-state index contributed by atoms with van der Waals surface area (Å²) in [5, 5.41) is 16.8. The van der Waals surface area contributed by atoms with Crippen LogP contribution in [0.15, 0.2) is 12.3 Å². The van der Waals surface area contributed by atoms with Gasteiger partial charge in [-0.1, -0.05) is 34.1 Å². The molecule has 0 radical (unpaired) electrons. The van der Waals surface area contributed by atoms with Crippen LogP contribution in [0.3, 0.4) is 0 Å². The molecule has 0 bridgehead atoms. The predicted octanol–water partition coefficient (Wildman–Crippen LogP) is 5.52. The number of nitriles is 1. The van der Waals surface area contributed by atoms with Gasteiger partial charge in [-0.2, -0.15) is 10.4 Å². The van der Waals surface area contributed by atoms with Gasteiger partial charge in [-0.15, -0.1) is 0 Å². The summed E-state index contributed by atoms with van der Waals surface area (Å²) in [4.78, 5) is 13.1.